The van der Waals surface area contributed by atoms with Crippen molar-refractivity contribution in [3.63, 3.8) is 0 Å². The average Bonchev–Trinajstić information content (AvgIpc) is 2.37. The molecule has 0 amide bonds. The molecular formula is C18H38N2. The molecule has 0 saturated carbocycles. The van der Waals surface area contributed by atoms with Gasteiger partial charge in [-0.15, -0.1) is 0 Å². The molecule has 0 radical (unpaired) electrons. The molecule has 1 aliphatic rings. The Morgan fingerprint density at radius 1 is 1.00 bits per heavy atom. The number of hydrogen-bond acceptors (Lipinski definition) is 2. The molecule has 1 rings (SSSR count). The van der Waals surface area contributed by atoms with Crippen molar-refractivity contribution in [1.29, 1.82) is 0 Å². The van der Waals surface area contributed by atoms with E-state index in [1.807, 2.05) is 0 Å². The van der Waals surface area contributed by atoms with Gasteiger partial charge < -0.3 is 5.32 Å². The zero-order valence-electron chi connectivity index (χ0n) is 14.7. The van der Waals surface area contributed by atoms with Crippen LogP contribution in [-0.4, -0.2) is 36.1 Å². The zero-order valence-corrected chi connectivity index (χ0v) is 14.7. The fourth-order valence-corrected chi connectivity index (χ4v) is 3.09. The molecule has 0 aromatic carbocycles. The van der Waals surface area contributed by atoms with Gasteiger partial charge in [0.15, 0.2) is 0 Å². The van der Waals surface area contributed by atoms with Crippen LogP contribution in [0, 0.1) is 5.92 Å². The summed E-state index contributed by atoms with van der Waals surface area (Å²) in [6.45, 7) is 15.4. The maximum Gasteiger partial charge on any atom is 0.0125 e. The number of nitrogens with zero attached hydrogens (tertiary/aromatic N) is 1. The van der Waals surface area contributed by atoms with Crippen LogP contribution >= 0.6 is 0 Å². The van der Waals surface area contributed by atoms with Crippen LogP contribution in [0.3, 0.4) is 0 Å². The molecule has 1 heterocycles. The van der Waals surface area contributed by atoms with Crippen LogP contribution in [0.2, 0.25) is 0 Å². The van der Waals surface area contributed by atoms with E-state index in [0.717, 1.165) is 12.0 Å². The average molecular weight is 283 g/mol. The standard InChI is InChI=1S/C18H38N2/c1-16(2)10-8-6-7-9-13-19-17-11-14-20(15-12-17)18(3,4)5/h16-17,19H,6-15H2,1-5H3. The van der Waals surface area contributed by atoms with E-state index in [1.165, 1.54) is 64.6 Å². The van der Waals surface area contributed by atoms with Gasteiger partial charge in [0.05, 0.1) is 0 Å². The maximum atomic E-state index is 3.77. The highest BCUT2D eigenvalue weighted by Gasteiger charge is 2.26. The van der Waals surface area contributed by atoms with Crippen molar-refractivity contribution in [2.24, 2.45) is 5.92 Å². The van der Waals surface area contributed by atoms with Crippen molar-refractivity contribution in [2.75, 3.05) is 19.6 Å². The molecule has 1 fully saturated rings. The van der Waals surface area contributed by atoms with Crippen molar-refractivity contribution < 1.29 is 0 Å². The summed E-state index contributed by atoms with van der Waals surface area (Å²) in [5.41, 5.74) is 0.349. The number of piperidine rings is 1. The molecule has 0 aliphatic carbocycles. The van der Waals surface area contributed by atoms with Gasteiger partial charge in [0, 0.05) is 24.7 Å². The van der Waals surface area contributed by atoms with E-state index in [2.05, 4.69) is 44.8 Å². The first-order chi connectivity index (χ1) is 9.39. The Labute approximate surface area is 127 Å². The fraction of sp³-hybridized carbons (Fsp3) is 1.00. The first kappa shape index (κ1) is 18.0. The van der Waals surface area contributed by atoms with E-state index in [4.69, 9.17) is 0 Å². The fourth-order valence-electron chi connectivity index (χ4n) is 3.09. The normalized spacial score (nSPS) is 18.9. The Balaban J connectivity index is 1.97. The summed E-state index contributed by atoms with van der Waals surface area (Å²) in [6, 6.07) is 0.768. The number of unbranched alkanes of at least 4 members (excludes halogenated alkanes) is 3. The smallest absolute Gasteiger partial charge is 0.0125 e. The van der Waals surface area contributed by atoms with Crippen molar-refractivity contribution in [1.82, 2.24) is 10.2 Å². The molecule has 120 valence electrons. The Morgan fingerprint density at radius 2 is 1.60 bits per heavy atom. The summed E-state index contributed by atoms with van der Waals surface area (Å²) >= 11 is 0. The van der Waals surface area contributed by atoms with Gasteiger partial charge in [0.2, 0.25) is 0 Å². The van der Waals surface area contributed by atoms with E-state index in [-0.39, 0.29) is 0 Å². The van der Waals surface area contributed by atoms with Gasteiger partial charge in [-0.25, -0.2) is 0 Å². The summed E-state index contributed by atoms with van der Waals surface area (Å²) in [6.07, 6.45) is 9.65. The lowest BCUT2D eigenvalue weighted by Gasteiger charge is -2.41. The SMILES string of the molecule is CC(C)CCCCCCNC1CCN(C(C)(C)C)CC1. The van der Waals surface area contributed by atoms with E-state index < -0.39 is 0 Å². The Hall–Kier alpha value is -0.0800. The van der Waals surface area contributed by atoms with Crippen LogP contribution in [0.5, 0.6) is 0 Å². The predicted molar refractivity (Wildman–Crippen MR) is 90.3 cm³/mol. The van der Waals surface area contributed by atoms with Crippen LogP contribution in [0.15, 0.2) is 0 Å². The predicted octanol–water partition coefficient (Wildman–Crippen LogP) is 4.45. The molecule has 0 spiro atoms. The number of likely N-dealkylation sites (tertiary alicyclic amines) is 1. The number of hydrogen-bond donors (Lipinski definition) is 1. The quantitative estimate of drug-likeness (QED) is 0.662. The van der Waals surface area contributed by atoms with Gasteiger partial charge in [-0.05, 0) is 52.5 Å². The molecule has 2 nitrogen and oxygen atoms in total. The van der Waals surface area contributed by atoms with Gasteiger partial charge in [-0.3, -0.25) is 4.90 Å². The molecule has 1 saturated heterocycles. The number of nitrogens with one attached hydrogen (secondary N) is 1. The van der Waals surface area contributed by atoms with E-state index in [9.17, 15) is 0 Å². The third-order valence-electron chi connectivity index (χ3n) is 4.58. The second kappa shape index (κ2) is 9.04. The highest BCUT2D eigenvalue weighted by atomic mass is 15.2. The minimum atomic E-state index is 0.349. The maximum absolute atomic E-state index is 3.77. The molecule has 0 aromatic heterocycles. The first-order valence-electron chi connectivity index (χ1n) is 8.88. The van der Waals surface area contributed by atoms with Crippen molar-refractivity contribution in [3.05, 3.63) is 0 Å². The van der Waals surface area contributed by atoms with E-state index in [1.54, 1.807) is 0 Å². The zero-order chi connectivity index (χ0) is 15.0. The summed E-state index contributed by atoms with van der Waals surface area (Å²) in [5, 5.41) is 3.77. The largest absolute Gasteiger partial charge is 0.314 e. The molecule has 20 heavy (non-hydrogen) atoms. The second-order valence-corrected chi connectivity index (χ2v) is 7.98. The van der Waals surface area contributed by atoms with E-state index in [0.29, 0.717) is 5.54 Å². The molecule has 1 N–H and O–H groups in total. The summed E-state index contributed by atoms with van der Waals surface area (Å²) in [4.78, 5) is 2.62. The summed E-state index contributed by atoms with van der Waals surface area (Å²) < 4.78 is 0. The molecule has 0 bridgehead atoms. The van der Waals surface area contributed by atoms with Crippen molar-refractivity contribution in [3.8, 4) is 0 Å². The lowest BCUT2D eigenvalue weighted by molar-refractivity contribution is 0.0963. The Kier molecular flexibility index (Phi) is 8.13. The highest BCUT2D eigenvalue weighted by molar-refractivity contribution is 4.84. The third-order valence-corrected chi connectivity index (χ3v) is 4.58. The lowest BCUT2D eigenvalue weighted by atomic mass is 9.98. The van der Waals surface area contributed by atoms with Gasteiger partial charge in [0.25, 0.3) is 0 Å². The van der Waals surface area contributed by atoms with E-state index >= 15 is 0 Å². The summed E-state index contributed by atoms with van der Waals surface area (Å²) in [7, 11) is 0. The van der Waals surface area contributed by atoms with Crippen molar-refractivity contribution in [2.45, 2.75) is 91.1 Å². The molecular weight excluding hydrogens is 244 g/mol. The van der Waals surface area contributed by atoms with Crippen LogP contribution in [-0.2, 0) is 0 Å². The van der Waals surface area contributed by atoms with Crippen LogP contribution < -0.4 is 5.32 Å². The van der Waals surface area contributed by atoms with Gasteiger partial charge in [-0.2, -0.15) is 0 Å². The molecule has 0 aromatic rings. The second-order valence-electron chi connectivity index (χ2n) is 7.98. The van der Waals surface area contributed by atoms with Gasteiger partial charge in [-0.1, -0.05) is 39.5 Å². The van der Waals surface area contributed by atoms with Crippen LogP contribution in [0.25, 0.3) is 0 Å². The van der Waals surface area contributed by atoms with Crippen LogP contribution in [0.4, 0.5) is 0 Å². The Bertz CT molecular complexity index is 234. The highest BCUT2D eigenvalue weighted by Crippen LogP contribution is 2.20. The topological polar surface area (TPSA) is 15.3 Å². The van der Waals surface area contributed by atoms with Crippen LogP contribution in [0.1, 0.15) is 79.6 Å². The van der Waals surface area contributed by atoms with Gasteiger partial charge in [0.1, 0.15) is 0 Å². The van der Waals surface area contributed by atoms with Crippen molar-refractivity contribution >= 4 is 0 Å². The molecule has 0 unspecified atom stereocenters. The molecule has 0 atom stereocenters. The third kappa shape index (κ3) is 7.64. The van der Waals surface area contributed by atoms with Gasteiger partial charge >= 0.3 is 0 Å². The molecule has 2 heteroatoms. The molecule has 1 aliphatic heterocycles. The number of rotatable bonds is 8. The minimum absolute atomic E-state index is 0.349. The first-order valence-corrected chi connectivity index (χ1v) is 8.88. The summed E-state index contributed by atoms with van der Waals surface area (Å²) in [5.74, 6) is 0.876. The monoisotopic (exact) mass is 282 g/mol. The Morgan fingerprint density at radius 3 is 2.15 bits per heavy atom. The lowest BCUT2D eigenvalue weighted by Crippen LogP contribution is -2.50. The minimum Gasteiger partial charge on any atom is -0.314 e.